The Labute approximate surface area is 145 Å². The standard InChI is InChI=1S/C16H25Br2N3/c1-16(2,21-8-6-20(3)7-9-21)12-19-11-13-4-5-14(17)15(18)10-13/h4-5,10,19H,6-9,11-12H2,1-3H3. The fourth-order valence-corrected chi connectivity index (χ4v) is 3.36. The molecule has 2 rings (SSSR count). The van der Waals surface area contributed by atoms with E-state index in [0.29, 0.717) is 0 Å². The minimum atomic E-state index is 0.202. The highest BCUT2D eigenvalue weighted by atomic mass is 79.9. The number of benzene rings is 1. The predicted octanol–water partition coefficient (Wildman–Crippen LogP) is 3.33. The van der Waals surface area contributed by atoms with Crippen LogP contribution < -0.4 is 5.32 Å². The van der Waals surface area contributed by atoms with Gasteiger partial charge in [0.25, 0.3) is 0 Å². The van der Waals surface area contributed by atoms with Crippen LogP contribution in [0, 0.1) is 0 Å². The first kappa shape index (κ1) is 17.4. The summed E-state index contributed by atoms with van der Waals surface area (Å²) in [5.41, 5.74) is 1.51. The van der Waals surface area contributed by atoms with E-state index < -0.39 is 0 Å². The molecule has 1 saturated heterocycles. The largest absolute Gasteiger partial charge is 0.311 e. The van der Waals surface area contributed by atoms with E-state index in [1.807, 2.05) is 0 Å². The molecule has 21 heavy (non-hydrogen) atoms. The van der Waals surface area contributed by atoms with Crippen molar-refractivity contribution in [2.75, 3.05) is 39.8 Å². The number of hydrogen-bond donors (Lipinski definition) is 1. The van der Waals surface area contributed by atoms with Crippen molar-refractivity contribution in [3.8, 4) is 0 Å². The summed E-state index contributed by atoms with van der Waals surface area (Å²) in [6.45, 7) is 11.2. The second-order valence-corrected chi connectivity index (χ2v) is 8.16. The molecular weight excluding hydrogens is 394 g/mol. The number of piperazine rings is 1. The summed E-state index contributed by atoms with van der Waals surface area (Å²) in [5, 5.41) is 3.61. The summed E-state index contributed by atoms with van der Waals surface area (Å²) in [6, 6.07) is 6.41. The molecule has 1 N–H and O–H groups in total. The average molecular weight is 419 g/mol. The number of nitrogens with zero attached hydrogens (tertiary/aromatic N) is 2. The van der Waals surface area contributed by atoms with Crippen LogP contribution in [-0.4, -0.2) is 55.1 Å². The molecule has 0 unspecified atom stereocenters. The topological polar surface area (TPSA) is 18.5 Å². The van der Waals surface area contributed by atoms with Gasteiger partial charge in [-0.3, -0.25) is 4.90 Å². The third-order valence-corrected chi connectivity index (χ3v) is 6.11. The molecule has 1 fully saturated rings. The van der Waals surface area contributed by atoms with Crippen LogP contribution in [0.2, 0.25) is 0 Å². The zero-order valence-electron chi connectivity index (χ0n) is 13.1. The lowest BCUT2D eigenvalue weighted by molar-refractivity contribution is 0.0618. The Morgan fingerprint density at radius 2 is 1.76 bits per heavy atom. The van der Waals surface area contributed by atoms with Crippen LogP contribution in [0.15, 0.2) is 27.1 Å². The Morgan fingerprint density at radius 1 is 1.10 bits per heavy atom. The molecule has 0 radical (unpaired) electrons. The fraction of sp³-hybridized carbons (Fsp3) is 0.625. The van der Waals surface area contributed by atoms with E-state index in [2.05, 4.69) is 86.1 Å². The lowest BCUT2D eigenvalue weighted by atomic mass is 10.0. The van der Waals surface area contributed by atoms with E-state index in [-0.39, 0.29) is 5.54 Å². The Balaban J connectivity index is 1.82. The zero-order chi connectivity index (χ0) is 15.5. The fourth-order valence-electron chi connectivity index (χ4n) is 2.69. The first-order valence-corrected chi connectivity index (χ1v) is 9.05. The predicted molar refractivity (Wildman–Crippen MR) is 96.7 cm³/mol. The van der Waals surface area contributed by atoms with Crippen molar-refractivity contribution in [1.82, 2.24) is 15.1 Å². The van der Waals surface area contributed by atoms with Crippen molar-refractivity contribution in [3.63, 3.8) is 0 Å². The van der Waals surface area contributed by atoms with Gasteiger partial charge in [-0.1, -0.05) is 6.07 Å². The number of likely N-dealkylation sites (N-methyl/N-ethyl adjacent to an activating group) is 1. The maximum atomic E-state index is 3.61. The van der Waals surface area contributed by atoms with Gasteiger partial charge in [0.1, 0.15) is 0 Å². The summed E-state index contributed by atoms with van der Waals surface area (Å²) < 4.78 is 2.21. The molecule has 3 nitrogen and oxygen atoms in total. The zero-order valence-corrected chi connectivity index (χ0v) is 16.3. The number of hydrogen-bond acceptors (Lipinski definition) is 3. The van der Waals surface area contributed by atoms with Gasteiger partial charge in [-0.05, 0) is 70.5 Å². The molecule has 1 aliphatic heterocycles. The molecule has 0 saturated carbocycles. The second kappa shape index (κ2) is 7.55. The van der Waals surface area contributed by atoms with E-state index in [0.717, 1.165) is 35.1 Å². The smallest absolute Gasteiger partial charge is 0.0320 e. The molecule has 0 spiro atoms. The van der Waals surface area contributed by atoms with Gasteiger partial charge in [-0.2, -0.15) is 0 Å². The third-order valence-electron chi connectivity index (χ3n) is 4.23. The average Bonchev–Trinajstić information content (AvgIpc) is 2.43. The summed E-state index contributed by atoms with van der Waals surface area (Å²) in [4.78, 5) is 5.00. The van der Waals surface area contributed by atoms with Crippen LogP contribution in [0.5, 0.6) is 0 Å². The normalized spacial score (nSPS) is 18.1. The highest BCUT2D eigenvalue weighted by Crippen LogP contribution is 2.24. The maximum absolute atomic E-state index is 3.61. The van der Waals surface area contributed by atoms with E-state index in [9.17, 15) is 0 Å². The molecule has 5 heteroatoms. The van der Waals surface area contributed by atoms with Gasteiger partial charge in [-0.25, -0.2) is 0 Å². The summed E-state index contributed by atoms with van der Waals surface area (Å²) >= 11 is 7.07. The van der Waals surface area contributed by atoms with Crippen LogP contribution in [-0.2, 0) is 6.54 Å². The molecule has 0 aromatic heterocycles. The number of rotatable bonds is 5. The van der Waals surface area contributed by atoms with Gasteiger partial charge in [0.15, 0.2) is 0 Å². The van der Waals surface area contributed by atoms with E-state index in [4.69, 9.17) is 0 Å². The van der Waals surface area contributed by atoms with Crippen molar-refractivity contribution >= 4 is 31.9 Å². The molecule has 0 amide bonds. The van der Waals surface area contributed by atoms with Crippen molar-refractivity contribution < 1.29 is 0 Å². The first-order valence-electron chi connectivity index (χ1n) is 7.47. The third kappa shape index (κ3) is 5.03. The van der Waals surface area contributed by atoms with E-state index in [1.165, 1.54) is 18.7 Å². The van der Waals surface area contributed by atoms with Gasteiger partial charge < -0.3 is 10.2 Å². The summed E-state index contributed by atoms with van der Waals surface area (Å²) in [7, 11) is 2.20. The number of halogens is 2. The Kier molecular flexibility index (Phi) is 6.26. The number of nitrogens with one attached hydrogen (secondary N) is 1. The molecule has 0 bridgehead atoms. The summed E-state index contributed by atoms with van der Waals surface area (Å²) in [5.74, 6) is 0. The van der Waals surface area contributed by atoms with Crippen molar-refractivity contribution in [2.24, 2.45) is 0 Å². The van der Waals surface area contributed by atoms with Crippen molar-refractivity contribution in [1.29, 1.82) is 0 Å². The second-order valence-electron chi connectivity index (χ2n) is 6.45. The molecule has 0 atom stereocenters. The molecule has 1 heterocycles. The van der Waals surface area contributed by atoms with Crippen LogP contribution in [0.3, 0.4) is 0 Å². The van der Waals surface area contributed by atoms with Crippen LogP contribution >= 0.6 is 31.9 Å². The molecular formula is C16H25Br2N3. The lowest BCUT2D eigenvalue weighted by Crippen LogP contribution is -2.57. The van der Waals surface area contributed by atoms with E-state index in [1.54, 1.807) is 0 Å². The monoisotopic (exact) mass is 417 g/mol. The first-order chi connectivity index (χ1) is 9.88. The molecule has 118 valence electrons. The van der Waals surface area contributed by atoms with Crippen LogP contribution in [0.1, 0.15) is 19.4 Å². The highest BCUT2D eigenvalue weighted by Gasteiger charge is 2.28. The van der Waals surface area contributed by atoms with Gasteiger partial charge >= 0.3 is 0 Å². The summed E-state index contributed by atoms with van der Waals surface area (Å²) in [6.07, 6.45) is 0. The van der Waals surface area contributed by atoms with Crippen molar-refractivity contribution in [3.05, 3.63) is 32.7 Å². The van der Waals surface area contributed by atoms with Gasteiger partial charge in [0.05, 0.1) is 0 Å². The lowest BCUT2D eigenvalue weighted by Gasteiger charge is -2.43. The molecule has 1 aromatic carbocycles. The Bertz CT molecular complexity index is 469. The minimum absolute atomic E-state index is 0.202. The minimum Gasteiger partial charge on any atom is -0.311 e. The van der Waals surface area contributed by atoms with E-state index >= 15 is 0 Å². The van der Waals surface area contributed by atoms with Gasteiger partial charge in [0.2, 0.25) is 0 Å². The maximum Gasteiger partial charge on any atom is 0.0320 e. The van der Waals surface area contributed by atoms with Crippen LogP contribution in [0.4, 0.5) is 0 Å². The Hall–Kier alpha value is 0.0600. The van der Waals surface area contributed by atoms with Gasteiger partial charge in [-0.15, -0.1) is 0 Å². The SMILES string of the molecule is CN1CCN(C(C)(C)CNCc2ccc(Br)c(Br)c2)CC1. The van der Waals surface area contributed by atoms with Gasteiger partial charge in [0, 0.05) is 53.8 Å². The van der Waals surface area contributed by atoms with Crippen LogP contribution in [0.25, 0.3) is 0 Å². The quantitative estimate of drug-likeness (QED) is 0.791. The van der Waals surface area contributed by atoms with Crippen molar-refractivity contribution in [2.45, 2.75) is 25.9 Å². The highest BCUT2D eigenvalue weighted by molar-refractivity contribution is 9.13. The molecule has 1 aromatic rings. The Morgan fingerprint density at radius 3 is 2.38 bits per heavy atom. The molecule has 0 aliphatic carbocycles. The molecule has 1 aliphatic rings.